The van der Waals surface area contributed by atoms with Gasteiger partial charge in [-0.15, -0.1) is 0 Å². The molecule has 0 atom stereocenters. The molecule has 0 aliphatic heterocycles. The van der Waals surface area contributed by atoms with Crippen molar-refractivity contribution in [2.24, 2.45) is 0 Å². The molecule has 10 heteroatoms. The maximum Gasteiger partial charge on any atom is 0.389 e. The number of nitro groups is 1. The van der Waals surface area contributed by atoms with Gasteiger partial charge in [-0.3, -0.25) is 10.1 Å². The van der Waals surface area contributed by atoms with E-state index in [1.54, 1.807) is 0 Å². The molecule has 0 aliphatic rings. The zero-order chi connectivity index (χ0) is 15.6. The van der Waals surface area contributed by atoms with E-state index in [1.165, 1.54) is 0 Å². The second-order valence-electron chi connectivity index (χ2n) is 3.91. The third kappa shape index (κ3) is 4.64. The number of nitrogens with zero attached hydrogens (tertiary/aromatic N) is 1. The Bertz CT molecular complexity index is 615. The molecule has 1 aromatic rings. The monoisotopic (exact) mass is 331 g/mol. The predicted octanol–water partition coefficient (Wildman–Crippen LogP) is 3.36. The third-order valence-corrected chi connectivity index (χ3v) is 4.46. The summed E-state index contributed by atoms with van der Waals surface area (Å²) in [6.45, 7) is 0. The molecule has 0 saturated carbocycles. The first-order valence-corrected chi connectivity index (χ1v) is 7.29. The van der Waals surface area contributed by atoms with E-state index in [1.807, 2.05) is 0 Å². The molecule has 0 spiro atoms. The summed E-state index contributed by atoms with van der Waals surface area (Å²) in [5, 5.41) is 10.4. The molecule has 0 aromatic heterocycles. The molecule has 0 unspecified atom stereocenters. The summed E-state index contributed by atoms with van der Waals surface area (Å²) in [6.07, 6.45) is -6.29. The van der Waals surface area contributed by atoms with Crippen LogP contribution in [0.5, 0.6) is 0 Å². The van der Waals surface area contributed by atoms with Crippen molar-refractivity contribution in [1.82, 2.24) is 0 Å². The number of sulfone groups is 1. The second-order valence-corrected chi connectivity index (χ2v) is 6.42. The summed E-state index contributed by atoms with van der Waals surface area (Å²) in [5.74, 6) is -0.745. The molecule has 0 bridgehead atoms. The van der Waals surface area contributed by atoms with Crippen LogP contribution in [0.1, 0.15) is 12.8 Å². The highest BCUT2D eigenvalue weighted by Gasteiger charge is 2.28. The van der Waals surface area contributed by atoms with Crippen LogP contribution in [-0.2, 0) is 9.84 Å². The summed E-state index contributed by atoms with van der Waals surface area (Å²) in [4.78, 5) is 9.34. The molecule has 0 aliphatic carbocycles. The van der Waals surface area contributed by atoms with Gasteiger partial charge in [-0.1, -0.05) is 11.6 Å². The van der Waals surface area contributed by atoms with Gasteiger partial charge in [0.25, 0.3) is 5.69 Å². The van der Waals surface area contributed by atoms with Gasteiger partial charge in [0.15, 0.2) is 9.84 Å². The Morgan fingerprint density at radius 2 is 1.90 bits per heavy atom. The van der Waals surface area contributed by atoms with Crippen LogP contribution in [0, 0.1) is 10.1 Å². The van der Waals surface area contributed by atoms with Crippen LogP contribution in [0.15, 0.2) is 23.1 Å². The normalized spacial score (nSPS) is 12.4. The van der Waals surface area contributed by atoms with E-state index < -0.39 is 50.1 Å². The van der Waals surface area contributed by atoms with Crippen molar-refractivity contribution in [2.45, 2.75) is 23.9 Å². The van der Waals surface area contributed by atoms with E-state index in [-0.39, 0.29) is 5.02 Å². The van der Waals surface area contributed by atoms with Gasteiger partial charge in [0.1, 0.15) is 5.02 Å². The Morgan fingerprint density at radius 3 is 2.40 bits per heavy atom. The number of nitro benzene ring substituents is 1. The zero-order valence-corrected chi connectivity index (χ0v) is 11.4. The molecule has 0 heterocycles. The van der Waals surface area contributed by atoms with Crippen molar-refractivity contribution >= 4 is 27.1 Å². The number of halogens is 4. The maximum atomic E-state index is 12.0. The Balaban J connectivity index is 2.93. The van der Waals surface area contributed by atoms with Gasteiger partial charge in [0.2, 0.25) is 0 Å². The number of hydrogen-bond donors (Lipinski definition) is 0. The van der Waals surface area contributed by atoms with Crippen molar-refractivity contribution in [3.8, 4) is 0 Å². The molecule has 5 nitrogen and oxygen atoms in total. The summed E-state index contributed by atoms with van der Waals surface area (Å²) in [7, 11) is -4.02. The number of hydrogen-bond acceptors (Lipinski definition) is 4. The fraction of sp³-hybridized carbons (Fsp3) is 0.400. The van der Waals surface area contributed by atoms with Crippen molar-refractivity contribution in [3.63, 3.8) is 0 Å². The average molecular weight is 332 g/mol. The molecule has 0 fully saturated rings. The summed E-state index contributed by atoms with van der Waals surface area (Å²) >= 11 is 5.52. The Morgan fingerprint density at radius 1 is 1.30 bits per heavy atom. The van der Waals surface area contributed by atoms with Crippen LogP contribution in [0.3, 0.4) is 0 Å². The SMILES string of the molecule is O=[N+]([O-])c1cc(S(=O)(=O)CCCC(F)(F)F)ccc1Cl. The predicted molar refractivity (Wildman–Crippen MR) is 65.4 cm³/mol. The average Bonchev–Trinajstić information content (AvgIpc) is 2.26. The maximum absolute atomic E-state index is 12.0. The lowest BCUT2D eigenvalue weighted by atomic mass is 10.3. The molecular formula is C10H9ClF3NO4S. The second kappa shape index (κ2) is 5.96. The first-order chi connectivity index (χ1) is 9.03. The lowest BCUT2D eigenvalue weighted by molar-refractivity contribution is -0.384. The highest BCUT2D eigenvalue weighted by Crippen LogP contribution is 2.28. The first-order valence-electron chi connectivity index (χ1n) is 5.26. The number of benzene rings is 1. The smallest absolute Gasteiger partial charge is 0.258 e. The molecule has 1 aromatic carbocycles. The molecule has 20 heavy (non-hydrogen) atoms. The van der Waals surface area contributed by atoms with Crippen molar-refractivity contribution in [1.29, 1.82) is 0 Å². The highest BCUT2D eigenvalue weighted by molar-refractivity contribution is 7.91. The quantitative estimate of drug-likeness (QED) is 0.612. The van der Waals surface area contributed by atoms with Gasteiger partial charge in [-0.25, -0.2) is 8.42 Å². The molecule has 112 valence electrons. The Kier molecular flexibility index (Phi) is 4.98. The minimum Gasteiger partial charge on any atom is -0.258 e. The topological polar surface area (TPSA) is 77.3 Å². The molecule has 1 rings (SSSR count). The van der Waals surface area contributed by atoms with Crippen LogP contribution in [0.4, 0.5) is 18.9 Å². The Labute approximate surface area is 117 Å². The lowest BCUT2D eigenvalue weighted by Crippen LogP contribution is -2.12. The van der Waals surface area contributed by atoms with E-state index >= 15 is 0 Å². The van der Waals surface area contributed by atoms with Gasteiger partial charge in [0, 0.05) is 12.5 Å². The van der Waals surface area contributed by atoms with Gasteiger partial charge >= 0.3 is 6.18 Å². The molecule has 0 saturated heterocycles. The van der Waals surface area contributed by atoms with Gasteiger partial charge in [0.05, 0.1) is 15.6 Å². The minimum absolute atomic E-state index is 0.246. The standard InChI is InChI=1S/C10H9ClF3NO4S/c11-8-3-2-7(6-9(8)15(16)17)20(18,19)5-1-4-10(12,13)14/h2-3,6H,1,4-5H2. The summed E-state index contributed by atoms with van der Waals surface area (Å²) < 4.78 is 59.4. The molecule has 0 radical (unpaired) electrons. The fourth-order valence-corrected chi connectivity index (χ4v) is 2.92. The van der Waals surface area contributed by atoms with Gasteiger partial charge in [-0.05, 0) is 18.6 Å². The van der Waals surface area contributed by atoms with E-state index in [4.69, 9.17) is 11.6 Å². The first kappa shape index (κ1) is 16.7. The minimum atomic E-state index is -4.44. The lowest BCUT2D eigenvalue weighted by Gasteiger charge is -2.07. The van der Waals surface area contributed by atoms with Crippen molar-refractivity contribution < 1.29 is 26.5 Å². The van der Waals surface area contributed by atoms with Crippen LogP contribution in [0.2, 0.25) is 5.02 Å². The number of rotatable bonds is 5. The summed E-state index contributed by atoms with van der Waals surface area (Å²) in [6, 6.07) is 2.79. The zero-order valence-electron chi connectivity index (χ0n) is 9.85. The van der Waals surface area contributed by atoms with Gasteiger partial charge < -0.3 is 0 Å². The molecular weight excluding hydrogens is 323 g/mol. The number of alkyl halides is 3. The van der Waals surface area contributed by atoms with Crippen molar-refractivity contribution in [3.05, 3.63) is 33.3 Å². The van der Waals surface area contributed by atoms with Crippen molar-refractivity contribution in [2.75, 3.05) is 5.75 Å². The van der Waals surface area contributed by atoms with Crippen LogP contribution in [0.25, 0.3) is 0 Å². The van der Waals surface area contributed by atoms with Gasteiger partial charge in [-0.2, -0.15) is 13.2 Å². The van der Waals surface area contributed by atoms with Crippen LogP contribution >= 0.6 is 11.6 Å². The largest absolute Gasteiger partial charge is 0.389 e. The van der Waals surface area contributed by atoms with E-state index in [0.29, 0.717) is 0 Å². The summed E-state index contributed by atoms with van der Waals surface area (Å²) in [5.41, 5.74) is -0.608. The highest BCUT2D eigenvalue weighted by atomic mass is 35.5. The van der Waals surface area contributed by atoms with E-state index in [0.717, 1.165) is 18.2 Å². The Hall–Kier alpha value is -1.35. The fourth-order valence-electron chi connectivity index (χ4n) is 1.41. The molecule has 0 N–H and O–H groups in total. The third-order valence-electron chi connectivity index (χ3n) is 2.35. The van der Waals surface area contributed by atoms with E-state index in [2.05, 4.69) is 0 Å². The van der Waals surface area contributed by atoms with E-state index in [9.17, 15) is 31.7 Å². The van der Waals surface area contributed by atoms with Crippen LogP contribution < -0.4 is 0 Å². The van der Waals surface area contributed by atoms with Crippen LogP contribution in [-0.4, -0.2) is 25.3 Å². The molecule has 0 amide bonds.